The molecule has 1 amide bonds. The van der Waals surface area contributed by atoms with Crippen molar-refractivity contribution in [3.8, 4) is 0 Å². The average Bonchev–Trinajstić information content (AvgIpc) is 2.37. The van der Waals surface area contributed by atoms with Gasteiger partial charge < -0.3 is 14.8 Å². The van der Waals surface area contributed by atoms with E-state index in [1.807, 2.05) is 0 Å². The van der Waals surface area contributed by atoms with Gasteiger partial charge in [0.1, 0.15) is 0 Å². The van der Waals surface area contributed by atoms with Crippen molar-refractivity contribution >= 4 is 11.9 Å². The number of methoxy groups -OCH3 is 1. The number of hydrogen-bond donors (Lipinski definition) is 1. The van der Waals surface area contributed by atoms with Crippen LogP contribution in [0.1, 0.15) is 12.8 Å². The third-order valence-electron chi connectivity index (χ3n) is 2.64. The lowest BCUT2D eigenvalue weighted by molar-refractivity contribution is -0.142. The predicted molar refractivity (Wildman–Crippen MR) is 61.5 cm³/mol. The maximum atomic E-state index is 11.3. The standard InChI is InChI=1S/C11H20N2O4/c1-16-11(15)3-2-10(14)12-4-5-13-6-8-17-9-7-13/h2-9H2,1H3,(H,12,14). The van der Waals surface area contributed by atoms with Crippen LogP contribution in [-0.4, -0.2) is 63.3 Å². The molecule has 0 aromatic rings. The van der Waals surface area contributed by atoms with E-state index in [9.17, 15) is 9.59 Å². The molecule has 0 aliphatic carbocycles. The Balaban J connectivity index is 2.01. The number of esters is 1. The van der Waals surface area contributed by atoms with Gasteiger partial charge in [-0.05, 0) is 0 Å². The molecule has 0 aromatic carbocycles. The lowest BCUT2D eigenvalue weighted by Crippen LogP contribution is -2.41. The summed E-state index contributed by atoms with van der Waals surface area (Å²) >= 11 is 0. The second kappa shape index (κ2) is 8.03. The molecule has 1 heterocycles. The number of rotatable bonds is 6. The van der Waals surface area contributed by atoms with E-state index in [2.05, 4.69) is 15.0 Å². The number of nitrogens with zero attached hydrogens (tertiary/aromatic N) is 1. The molecular formula is C11H20N2O4. The number of carbonyl (C=O) groups is 2. The summed E-state index contributed by atoms with van der Waals surface area (Å²) in [6.45, 7) is 4.79. The maximum absolute atomic E-state index is 11.3. The molecule has 0 atom stereocenters. The highest BCUT2D eigenvalue weighted by atomic mass is 16.5. The molecule has 1 saturated heterocycles. The molecular weight excluding hydrogens is 224 g/mol. The van der Waals surface area contributed by atoms with Crippen molar-refractivity contribution in [1.29, 1.82) is 0 Å². The molecule has 0 aromatic heterocycles. The second-order valence-corrected chi connectivity index (χ2v) is 3.88. The minimum absolute atomic E-state index is 0.108. The van der Waals surface area contributed by atoms with Gasteiger partial charge in [-0.3, -0.25) is 14.5 Å². The molecule has 0 spiro atoms. The van der Waals surface area contributed by atoms with Crippen LogP contribution in [0.15, 0.2) is 0 Å². The first-order valence-electron chi connectivity index (χ1n) is 5.86. The predicted octanol–water partition coefficient (Wildman–Crippen LogP) is -0.612. The van der Waals surface area contributed by atoms with Gasteiger partial charge in [0.25, 0.3) is 0 Å². The minimum Gasteiger partial charge on any atom is -0.469 e. The Bertz CT molecular complexity index is 252. The van der Waals surface area contributed by atoms with Crippen molar-refractivity contribution in [1.82, 2.24) is 10.2 Å². The smallest absolute Gasteiger partial charge is 0.306 e. The average molecular weight is 244 g/mol. The van der Waals surface area contributed by atoms with Crippen LogP contribution in [0.3, 0.4) is 0 Å². The molecule has 0 saturated carbocycles. The largest absolute Gasteiger partial charge is 0.469 e. The Hall–Kier alpha value is -1.14. The number of amides is 1. The lowest BCUT2D eigenvalue weighted by atomic mass is 10.3. The fraction of sp³-hybridized carbons (Fsp3) is 0.818. The summed E-state index contributed by atoms with van der Waals surface area (Å²) in [4.78, 5) is 24.4. The summed E-state index contributed by atoms with van der Waals surface area (Å²) in [5.41, 5.74) is 0. The van der Waals surface area contributed by atoms with E-state index in [0.29, 0.717) is 6.54 Å². The normalized spacial score (nSPS) is 16.5. The summed E-state index contributed by atoms with van der Waals surface area (Å²) in [7, 11) is 1.32. The Morgan fingerprint density at radius 3 is 2.65 bits per heavy atom. The monoisotopic (exact) mass is 244 g/mol. The topological polar surface area (TPSA) is 67.9 Å². The molecule has 6 nitrogen and oxygen atoms in total. The molecule has 1 fully saturated rings. The molecule has 1 aliphatic rings. The van der Waals surface area contributed by atoms with Gasteiger partial charge in [-0.1, -0.05) is 0 Å². The second-order valence-electron chi connectivity index (χ2n) is 3.88. The SMILES string of the molecule is COC(=O)CCC(=O)NCCN1CCOCC1. The Labute approximate surface area is 101 Å². The van der Waals surface area contributed by atoms with Gasteiger partial charge in [-0.2, -0.15) is 0 Å². The third kappa shape index (κ3) is 6.23. The zero-order valence-electron chi connectivity index (χ0n) is 10.2. The van der Waals surface area contributed by atoms with E-state index >= 15 is 0 Å². The van der Waals surface area contributed by atoms with Gasteiger partial charge in [0.05, 0.1) is 26.7 Å². The Kier molecular flexibility index (Phi) is 6.57. The summed E-state index contributed by atoms with van der Waals surface area (Å²) < 4.78 is 9.68. The van der Waals surface area contributed by atoms with Gasteiger partial charge >= 0.3 is 5.97 Å². The quantitative estimate of drug-likeness (QED) is 0.631. The van der Waals surface area contributed by atoms with E-state index in [1.54, 1.807) is 0 Å². The highest BCUT2D eigenvalue weighted by molar-refractivity contribution is 5.81. The number of ether oxygens (including phenoxy) is 2. The number of carbonyl (C=O) groups excluding carboxylic acids is 2. The number of nitrogens with one attached hydrogen (secondary N) is 1. The van der Waals surface area contributed by atoms with E-state index in [-0.39, 0.29) is 24.7 Å². The van der Waals surface area contributed by atoms with E-state index < -0.39 is 0 Å². The lowest BCUT2D eigenvalue weighted by Gasteiger charge is -2.26. The molecule has 98 valence electrons. The van der Waals surface area contributed by atoms with Gasteiger partial charge in [0.2, 0.25) is 5.91 Å². The Morgan fingerprint density at radius 1 is 1.29 bits per heavy atom. The number of hydrogen-bond acceptors (Lipinski definition) is 5. The summed E-state index contributed by atoms with van der Waals surface area (Å²) in [6.07, 6.45) is 0.329. The molecule has 17 heavy (non-hydrogen) atoms. The van der Waals surface area contributed by atoms with E-state index in [1.165, 1.54) is 7.11 Å². The van der Waals surface area contributed by atoms with Crippen LogP contribution in [0.25, 0.3) is 0 Å². The molecule has 0 unspecified atom stereocenters. The van der Waals surface area contributed by atoms with Crippen molar-refractivity contribution < 1.29 is 19.1 Å². The zero-order chi connectivity index (χ0) is 12.5. The molecule has 0 radical (unpaired) electrons. The van der Waals surface area contributed by atoms with E-state index in [0.717, 1.165) is 32.8 Å². The van der Waals surface area contributed by atoms with Crippen LogP contribution >= 0.6 is 0 Å². The fourth-order valence-electron chi connectivity index (χ4n) is 1.58. The van der Waals surface area contributed by atoms with Gasteiger partial charge in [0.15, 0.2) is 0 Å². The highest BCUT2D eigenvalue weighted by Gasteiger charge is 2.10. The van der Waals surface area contributed by atoms with Crippen molar-refractivity contribution in [2.45, 2.75) is 12.8 Å². The summed E-state index contributed by atoms with van der Waals surface area (Å²) in [6, 6.07) is 0. The van der Waals surface area contributed by atoms with Crippen LogP contribution in [0, 0.1) is 0 Å². The van der Waals surface area contributed by atoms with Gasteiger partial charge in [-0.15, -0.1) is 0 Å². The third-order valence-corrected chi connectivity index (χ3v) is 2.64. The summed E-state index contributed by atoms with van der Waals surface area (Å²) in [5.74, 6) is -0.461. The van der Waals surface area contributed by atoms with Crippen LogP contribution in [0.5, 0.6) is 0 Å². The van der Waals surface area contributed by atoms with Gasteiger partial charge in [0, 0.05) is 32.6 Å². The van der Waals surface area contributed by atoms with Crippen molar-refractivity contribution in [3.63, 3.8) is 0 Å². The minimum atomic E-state index is -0.353. The molecule has 6 heteroatoms. The first kappa shape index (κ1) is 13.9. The van der Waals surface area contributed by atoms with Gasteiger partial charge in [-0.25, -0.2) is 0 Å². The fourth-order valence-corrected chi connectivity index (χ4v) is 1.58. The van der Waals surface area contributed by atoms with Crippen LogP contribution in [0.4, 0.5) is 0 Å². The molecule has 1 aliphatic heterocycles. The first-order chi connectivity index (χ1) is 8.22. The molecule has 1 rings (SSSR count). The molecule has 0 bridgehead atoms. The highest BCUT2D eigenvalue weighted by Crippen LogP contribution is 1.95. The van der Waals surface area contributed by atoms with Crippen LogP contribution < -0.4 is 5.32 Å². The maximum Gasteiger partial charge on any atom is 0.306 e. The van der Waals surface area contributed by atoms with Crippen molar-refractivity contribution in [2.24, 2.45) is 0 Å². The van der Waals surface area contributed by atoms with Crippen molar-refractivity contribution in [2.75, 3.05) is 46.5 Å². The summed E-state index contributed by atoms with van der Waals surface area (Å²) in [5, 5.41) is 2.78. The Morgan fingerprint density at radius 2 is 2.00 bits per heavy atom. The van der Waals surface area contributed by atoms with Crippen molar-refractivity contribution in [3.05, 3.63) is 0 Å². The zero-order valence-corrected chi connectivity index (χ0v) is 10.2. The first-order valence-corrected chi connectivity index (χ1v) is 5.86. The number of morpholine rings is 1. The van der Waals surface area contributed by atoms with E-state index in [4.69, 9.17) is 4.74 Å². The van der Waals surface area contributed by atoms with Crippen LogP contribution in [-0.2, 0) is 19.1 Å². The van der Waals surface area contributed by atoms with Crippen LogP contribution in [0.2, 0.25) is 0 Å². The molecule has 1 N–H and O–H groups in total.